The van der Waals surface area contributed by atoms with E-state index in [-0.39, 0.29) is 18.6 Å². The van der Waals surface area contributed by atoms with E-state index in [0.717, 1.165) is 11.8 Å². The number of nitrogens with zero attached hydrogens (tertiary/aromatic N) is 4. The summed E-state index contributed by atoms with van der Waals surface area (Å²) >= 11 is 1.08. The Bertz CT molecular complexity index is 1190. The van der Waals surface area contributed by atoms with E-state index in [1.807, 2.05) is 0 Å². The van der Waals surface area contributed by atoms with Gasteiger partial charge in [0, 0.05) is 0 Å². The van der Waals surface area contributed by atoms with E-state index in [4.69, 9.17) is 18.9 Å². The highest BCUT2D eigenvalue weighted by Gasteiger charge is 2.31. The maximum atomic E-state index is 12.6. The number of hydrogen-bond acceptors (Lipinski definition) is 12. The Morgan fingerprint density at radius 2 is 1.56 bits per heavy atom. The minimum atomic E-state index is -1.31. The van der Waals surface area contributed by atoms with E-state index in [9.17, 15) is 19.2 Å². The molecule has 2 aromatic rings. The zero-order chi connectivity index (χ0) is 29.6. The first kappa shape index (κ1) is 31.8. The van der Waals surface area contributed by atoms with Crippen molar-refractivity contribution in [2.24, 2.45) is 5.41 Å². The van der Waals surface area contributed by atoms with E-state index in [1.54, 1.807) is 66.9 Å². The summed E-state index contributed by atoms with van der Waals surface area (Å²) in [4.78, 5) is 62.1. The fourth-order valence-corrected chi connectivity index (χ4v) is 3.50. The number of aromatic nitrogens is 4. The lowest BCUT2D eigenvalue weighted by Gasteiger charge is -2.25. The number of alkyl carbamates (subject to hydrolysis) is 1. The van der Waals surface area contributed by atoms with Gasteiger partial charge in [-0.3, -0.25) is 14.2 Å². The first-order valence-corrected chi connectivity index (χ1v) is 13.2. The van der Waals surface area contributed by atoms with Crippen molar-refractivity contribution in [2.75, 3.05) is 5.94 Å². The number of fused-ring (bicyclic) bond motifs is 1. The van der Waals surface area contributed by atoms with Crippen molar-refractivity contribution in [3.8, 4) is 0 Å². The number of rotatable bonds is 9. The van der Waals surface area contributed by atoms with Gasteiger partial charge in [-0.25, -0.2) is 24.5 Å². The third kappa shape index (κ3) is 10.7. The highest BCUT2D eigenvalue weighted by Crippen LogP contribution is 2.24. The average molecular weight is 568 g/mol. The molecule has 1 N–H and O–H groups in total. The van der Waals surface area contributed by atoms with Crippen LogP contribution in [0.1, 0.15) is 68.7 Å². The zero-order valence-electron chi connectivity index (χ0n) is 23.8. The molecule has 0 aromatic carbocycles. The second-order valence-electron chi connectivity index (χ2n) is 11.6. The molecule has 14 heteroatoms. The lowest BCUT2D eigenvalue weighted by atomic mass is 9.98. The zero-order valence-corrected chi connectivity index (χ0v) is 24.6. The predicted molar refractivity (Wildman–Crippen MR) is 141 cm³/mol. The third-order valence-corrected chi connectivity index (χ3v) is 5.29. The van der Waals surface area contributed by atoms with E-state index in [0.29, 0.717) is 16.2 Å². The molecule has 216 valence electrons. The Morgan fingerprint density at radius 3 is 2.15 bits per heavy atom. The van der Waals surface area contributed by atoms with Crippen LogP contribution in [0.3, 0.4) is 0 Å². The van der Waals surface area contributed by atoms with Gasteiger partial charge in [-0.1, -0.05) is 11.8 Å². The van der Waals surface area contributed by atoms with Gasteiger partial charge in [-0.2, -0.15) is 0 Å². The van der Waals surface area contributed by atoms with Crippen molar-refractivity contribution in [1.82, 2.24) is 24.8 Å². The minimum absolute atomic E-state index is 0.0700. The number of hydrogen-bond donors (Lipinski definition) is 1. The number of imidazole rings is 1. The molecule has 1 amide bonds. The molecule has 13 nitrogen and oxygen atoms in total. The lowest BCUT2D eigenvalue weighted by Crippen LogP contribution is -2.47. The van der Waals surface area contributed by atoms with Crippen molar-refractivity contribution in [3.05, 3.63) is 12.7 Å². The number of nitrogens with one attached hydrogen (secondary N) is 1. The number of ether oxygens (including phenoxy) is 4. The van der Waals surface area contributed by atoms with E-state index in [1.165, 1.54) is 12.7 Å². The van der Waals surface area contributed by atoms with E-state index >= 15 is 0 Å². The summed E-state index contributed by atoms with van der Waals surface area (Å²) in [6.07, 6.45) is 1.45. The Hall–Kier alpha value is -3.42. The fraction of sp³-hybridized carbons (Fsp3) is 0.640. The summed E-state index contributed by atoms with van der Waals surface area (Å²) in [5.74, 6) is -2.07. The van der Waals surface area contributed by atoms with Crippen molar-refractivity contribution in [1.29, 1.82) is 0 Å². The molecule has 0 aliphatic heterocycles. The normalized spacial score (nSPS) is 12.9. The van der Waals surface area contributed by atoms with Gasteiger partial charge in [0.2, 0.25) is 0 Å². The molecule has 0 bridgehead atoms. The molecule has 39 heavy (non-hydrogen) atoms. The van der Waals surface area contributed by atoms with Crippen LogP contribution in [0.4, 0.5) is 4.79 Å². The average Bonchev–Trinajstić information content (AvgIpc) is 3.17. The second-order valence-corrected chi connectivity index (χ2v) is 12.5. The van der Waals surface area contributed by atoms with Crippen molar-refractivity contribution in [3.63, 3.8) is 0 Å². The molecule has 0 saturated carbocycles. The number of amides is 1. The van der Waals surface area contributed by atoms with Crippen molar-refractivity contribution in [2.45, 2.75) is 97.7 Å². The van der Waals surface area contributed by atoms with Crippen LogP contribution < -0.4 is 5.32 Å². The van der Waals surface area contributed by atoms with E-state index in [2.05, 4.69) is 20.3 Å². The summed E-state index contributed by atoms with van der Waals surface area (Å²) in [7, 11) is 0. The summed E-state index contributed by atoms with van der Waals surface area (Å²) in [6, 6.07) is -1.31. The molecule has 0 radical (unpaired) electrons. The van der Waals surface area contributed by atoms with Crippen LogP contribution in [0.25, 0.3) is 11.2 Å². The number of esters is 3. The molecule has 1 atom stereocenters. The molecular formula is C25H37N5O8S. The van der Waals surface area contributed by atoms with Crippen LogP contribution >= 0.6 is 11.8 Å². The van der Waals surface area contributed by atoms with Gasteiger partial charge in [0.25, 0.3) is 0 Å². The Balaban J connectivity index is 2.01. The van der Waals surface area contributed by atoms with Gasteiger partial charge in [0.1, 0.15) is 40.1 Å². The van der Waals surface area contributed by atoms with Gasteiger partial charge in [0.05, 0.1) is 18.2 Å². The first-order valence-electron chi connectivity index (χ1n) is 12.2. The van der Waals surface area contributed by atoms with E-state index < -0.39 is 47.1 Å². The standard InChI is InChI=1S/C25H37N5O8S/c1-23(2,3)21(33)35-13-30-12-28-17-18(30)26-11-27-19(17)39-14-36-16(31)10-15(20(32)37-24(4,5)6)29-22(34)38-25(7,8)9/h11-12,15H,10,13-14H2,1-9H3,(H,29,34)/t15-/m1/s1. The quantitative estimate of drug-likeness (QED) is 0.154. The first-order chi connectivity index (χ1) is 17.9. The number of thioether (sulfide) groups is 1. The smallest absolute Gasteiger partial charge is 0.408 e. The highest BCUT2D eigenvalue weighted by molar-refractivity contribution is 7.99. The van der Waals surface area contributed by atoms with Gasteiger partial charge < -0.3 is 24.3 Å². The molecule has 2 aromatic heterocycles. The molecule has 0 unspecified atom stereocenters. The molecule has 2 rings (SSSR count). The summed E-state index contributed by atoms with van der Waals surface area (Å²) in [5.41, 5.74) is -1.42. The largest absolute Gasteiger partial charge is 0.458 e. The van der Waals surface area contributed by atoms with Gasteiger partial charge in [0.15, 0.2) is 12.4 Å². The summed E-state index contributed by atoms with van der Waals surface area (Å²) in [5, 5.41) is 2.81. The number of carbonyl (C=O) groups is 4. The lowest BCUT2D eigenvalue weighted by molar-refractivity contribution is -0.160. The van der Waals surface area contributed by atoms with Crippen LogP contribution in [0.15, 0.2) is 17.7 Å². The maximum Gasteiger partial charge on any atom is 0.408 e. The van der Waals surface area contributed by atoms with Crippen LogP contribution in [-0.4, -0.2) is 66.7 Å². The SMILES string of the molecule is CC(C)(C)OC(=O)N[C@H](CC(=O)OCSc1ncnc2c1ncn2COC(=O)C(C)(C)C)C(=O)OC(C)(C)C. The van der Waals surface area contributed by atoms with Gasteiger partial charge in [-0.05, 0) is 62.3 Å². The van der Waals surface area contributed by atoms with Crippen molar-refractivity contribution < 1.29 is 38.1 Å². The predicted octanol–water partition coefficient (Wildman–Crippen LogP) is 3.59. The summed E-state index contributed by atoms with van der Waals surface area (Å²) < 4.78 is 22.7. The fourth-order valence-electron chi connectivity index (χ4n) is 2.80. The Kier molecular flexibility index (Phi) is 10.3. The van der Waals surface area contributed by atoms with Gasteiger partial charge in [-0.15, -0.1) is 0 Å². The van der Waals surface area contributed by atoms with Crippen LogP contribution in [0.5, 0.6) is 0 Å². The number of carbonyl (C=O) groups excluding carboxylic acids is 4. The molecular weight excluding hydrogens is 530 g/mol. The molecule has 0 fully saturated rings. The minimum Gasteiger partial charge on any atom is -0.458 e. The third-order valence-electron chi connectivity index (χ3n) is 4.48. The second kappa shape index (κ2) is 12.6. The van der Waals surface area contributed by atoms with Crippen LogP contribution in [0.2, 0.25) is 0 Å². The summed E-state index contributed by atoms with van der Waals surface area (Å²) in [6.45, 7) is 15.2. The monoisotopic (exact) mass is 567 g/mol. The van der Waals surface area contributed by atoms with Gasteiger partial charge >= 0.3 is 24.0 Å². The molecule has 0 spiro atoms. The molecule has 0 saturated heterocycles. The molecule has 2 heterocycles. The maximum absolute atomic E-state index is 12.6. The Labute approximate surface area is 231 Å². The van der Waals surface area contributed by atoms with Crippen LogP contribution in [-0.2, 0) is 40.1 Å². The highest BCUT2D eigenvalue weighted by atomic mass is 32.2. The molecule has 0 aliphatic carbocycles. The molecule has 0 aliphatic rings. The van der Waals surface area contributed by atoms with Crippen molar-refractivity contribution >= 4 is 46.9 Å². The van der Waals surface area contributed by atoms with Crippen LogP contribution in [0, 0.1) is 5.41 Å². The topological polar surface area (TPSA) is 161 Å². The Morgan fingerprint density at radius 1 is 0.923 bits per heavy atom.